The molecule has 158 valence electrons. The van der Waals surface area contributed by atoms with Crippen molar-refractivity contribution in [3.8, 4) is 0 Å². The molecule has 0 spiro atoms. The van der Waals surface area contributed by atoms with E-state index in [9.17, 15) is 8.42 Å². The van der Waals surface area contributed by atoms with E-state index >= 15 is 0 Å². The maximum Gasteiger partial charge on any atom is 0.279 e. The third-order valence-electron chi connectivity index (χ3n) is 6.03. The summed E-state index contributed by atoms with van der Waals surface area (Å²) >= 11 is 0. The number of likely N-dealkylation sites (tertiary alicyclic amines) is 1. The summed E-state index contributed by atoms with van der Waals surface area (Å²) in [5.41, 5.74) is 1.36. The van der Waals surface area contributed by atoms with Crippen molar-refractivity contribution < 1.29 is 13.2 Å². The van der Waals surface area contributed by atoms with Crippen molar-refractivity contribution in [1.29, 1.82) is 0 Å². The maximum absolute atomic E-state index is 12.7. The Hall–Kier alpha value is -0.990. The van der Waals surface area contributed by atoms with Gasteiger partial charge in [0.05, 0.1) is 0 Å². The summed E-state index contributed by atoms with van der Waals surface area (Å²) in [4.78, 5) is 2.48. The summed E-state index contributed by atoms with van der Waals surface area (Å²) in [7, 11) is -1.66. The predicted molar refractivity (Wildman–Crippen MR) is 112 cm³/mol. The quantitative estimate of drug-likeness (QED) is 0.679. The van der Waals surface area contributed by atoms with E-state index in [1.807, 2.05) is 6.07 Å². The van der Waals surface area contributed by atoms with E-state index in [0.29, 0.717) is 31.5 Å². The average molecular weight is 410 g/mol. The molecule has 0 aliphatic carbocycles. The van der Waals surface area contributed by atoms with E-state index in [4.69, 9.17) is 4.74 Å². The molecule has 0 bridgehead atoms. The van der Waals surface area contributed by atoms with Gasteiger partial charge in [0, 0.05) is 46.4 Å². The van der Waals surface area contributed by atoms with Crippen LogP contribution in [-0.4, -0.2) is 70.6 Å². The highest BCUT2D eigenvalue weighted by Gasteiger charge is 2.29. The lowest BCUT2D eigenvalue weighted by molar-refractivity contribution is 0.121. The van der Waals surface area contributed by atoms with E-state index < -0.39 is 10.2 Å². The van der Waals surface area contributed by atoms with Gasteiger partial charge >= 0.3 is 0 Å². The number of rotatable bonds is 9. The second-order valence-electron chi connectivity index (χ2n) is 8.20. The third-order valence-corrected chi connectivity index (χ3v) is 7.61. The fourth-order valence-electron chi connectivity index (χ4n) is 4.32. The Labute approximate surface area is 170 Å². The summed E-state index contributed by atoms with van der Waals surface area (Å²) in [5.74, 6) is 0.873. The molecular formula is C21H35N3O3S. The minimum absolute atomic E-state index is 0.394. The van der Waals surface area contributed by atoms with Gasteiger partial charge in [0.25, 0.3) is 10.2 Å². The number of hydrogen-bond donors (Lipinski definition) is 1. The molecule has 0 amide bonds. The zero-order valence-corrected chi connectivity index (χ0v) is 17.9. The second-order valence-corrected chi connectivity index (χ2v) is 9.95. The van der Waals surface area contributed by atoms with Crippen LogP contribution in [0.2, 0.25) is 0 Å². The lowest BCUT2D eigenvalue weighted by Crippen LogP contribution is -2.48. The molecule has 2 fully saturated rings. The Balaban J connectivity index is 1.41. The Kier molecular flexibility index (Phi) is 8.29. The third kappa shape index (κ3) is 6.52. The second kappa shape index (κ2) is 10.7. The summed E-state index contributed by atoms with van der Waals surface area (Å²) < 4.78 is 35.0. The first kappa shape index (κ1) is 21.7. The summed E-state index contributed by atoms with van der Waals surface area (Å²) in [6.07, 6.45) is 5.05. The van der Waals surface area contributed by atoms with Gasteiger partial charge in [-0.3, -0.25) is 0 Å². The van der Waals surface area contributed by atoms with Gasteiger partial charge in [0.1, 0.15) is 0 Å². The van der Waals surface area contributed by atoms with Gasteiger partial charge in [0.15, 0.2) is 0 Å². The Morgan fingerprint density at radius 3 is 2.54 bits per heavy atom. The van der Waals surface area contributed by atoms with Crippen LogP contribution in [0.1, 0.15) is 31.2 Å². The fraction of sp³-hybridized carbons (Fsp3) is 0.714. The van der Waals surface area contributed by atoms with Crippen molar-refractivity contribution in [1.82, 2.24) is 13.9 Å². The first-order valence-electron chi connectivity index (χ1n) is 10.6. The van der Waals surface area contributed by atoms with Crippen LogP contribution in [0.15, 0.2) is 30.3 Å². The Morgan fingerprint density at radius 1 is 1.07 bits per heavy atom. The lowest BCUT2D eigenvalue weighted by Gasteiger charge is -2.34. The van der Waals surface area contributed by atoms with Gasteiger partial charge in [-0.2, -0.15) is 12.7 Å². The standard InChI is InChI=1S/C21H35N3O3S/c1-27-18-20-10-14-24(15-11-20)28(25,26)22-16-21-8-5-12-23(17-21)13-9-19-6-3-2-4-7-19/h2-4,6-7,20-22H,5,8-18H2,1H3. The van der Waals surface area contributed by atoms with E-state index in [0.717, 1.165) is 58.3 Å². The number of benzene rings is 1. The average Bonchev–Trinajstić information content (AvgIpc) is 2.73. The molecular weight excluding hydrogens is 374 g/mol. The van der Waals surface area contributed by atoms with Crippen LogP contribution in [-0.2, 0) is 21.4 Å². The van der Waals surface area contributed by atoms with E-state index in [-0.39, 0.29) is 0 Å². The molecule has 1 aromatic rings. The number of nitrogens with one attached hydrogen (secondary N) is 1. The number of hydrogen-bond acceptors (Lipinski definition) is 4. The molecule has 0 radical (unpaired) electrons. The van der Waals surface area contributed by atoms with Crippen LogP contribution >= 0.6 is 0 Å². The molecule has 3 rings (SSSR count). The molecule has 2 heterocycles. The molecule has 2 aliphatic rings. The highest BCUT2D eigenvalue weighted by Crippen LogP contribution is 2.20. The zero-order valence-electron chi connectivity index (χ0n) is 17.1. The number of nitrogens with zero attached hydrogens (tertiary/aromatic N) is 2. The van der Waals surface area contributed by atoms with Crippen molar-refractivity contribution in [3.05, 3.63) is 35.9 Å². The van der Waals surface area contributed by atoms with Crippen LogP contribution in [0.5, 0.6) is 0 Å². The van der Waals surface area contributed by atoms with Crippen molar-refractivity contribution in [3.63, 3.8) is 0 Å². The molecule has 0 saturated carbocycles. The zero-order chi connectivity index (χ0) is 19.8. The molecule has 1 atom stereocenters. The van der Waals surface area contributed by atoms with Crippen molar-refractivity contribution in [2.45, 2.75) is 32.1 Å². The van der Waals surface area contributed by atoms with Crippen LogP contribution in [0.25, 0.3) is 0 Å². The highest BCUT2D eigenvalue weighted by molar-refractivity contribution is 7.87. The van der Waals surface area contributed by atoms with Gasteiger partial charge < -0.3 is 9.64 Å². The predicted octanol–water partition coefficient (Wildman–Crippen LogP) is 2.13. The van der Waals surface area contributed by atoms with Gasteiger partial charge in [0.2, 0.25) is 0 Å². The molecule has 6 nitrogen and oxygen atoms in total. The molecule has 2 saturated heterocycles. The van der Waals surface area contributed by atoms with Crippen LogP contribution in [0.4, 0.5) is 0 Å². The molecule has 28 heavy (non-hydrogen) atoms. The molecule has 0 aromatic heterocycles. The summed E-state index contributed by atoms with van der Waals surface area (Å²) in [5, 5.41) is 0. The van der Waals surface area contributed by atoms with E-state index in [2.05, 4.69) is 33.9 Å². The maximum atomic E-state index is 12.7. The number of methoxy groups -OCH3 is 1. The van der Waals surface area contributed by atoms with Gasteiger partial charge in [-0.1, -0.05) is 30.3 Å². The van der Waals surface area contributed by atoms with Crippen molar-refractivity contribution >= 4 is 10.2 Å². The normalized spacial score (nSPS) is 23.1. The fourth-order valence-corrected chi connectivity index (χ4v) is 5.64. The Morgan fingerprint density at radius 2 is 1.82 bits per heavy atom. The van der Waals surface area contributed by atoms with Crippen molar-refractivity contribution in [2.24, 2.45) is 11.8 Å². The molecule has 1 unspecified atom stereocenters. The van der Waals surface area contributed by atoms with Crippen LogP contribution < -0.4 is 4.72 Å². The highest BCUT2D eigenvalue weighted by atomic mass is 32.2. The molecule has 2 aliphatic heterocycles. The monoisotopic (exact) mass is 409 g/mol. The van der Waals surface area contributed by atoms with Gasteiger partial charge in [-0.05, 0) is 56.0 Å². The SMILES string of the molecule is COCC1CCN(S(=O)(=O)NCC2CCCN(CCc3ccccc3)C2)CC1. The minimum Gasteiger partial charge on any atom is -0.384 e. The molecule has 1 aromatic carbocycles. The number of piperidine rings is 2. The largest absolute Gasteiger partial charge is 0.384 e. The van der Waals surface area contributed by atoms with Gasteiger partial charge in [-0.15, -0.1) is 0 Å². The smallest absolute Gasteiger partial charge is 0.279 e. The first-order chi connectivity index (χ1) is 13.6. The van der Waals surface area contributed by atoms with Crippen molar-refractivity contribution in [2.75, 3.05) is 53.0 Å². The summed E-state index contributed by atoms with van der Waals surface area (Å²) in [6, 6.07) is 10.6. The van der Waals surface area contributed by atoms with E-state index in [1.165, 1.54) is 5.56 Å². The minimum atomic E-state index is -3.37. The Bertz CT molecular complexity index is 675. The molecule has 1 N–H and O–H groups in total. The van der Waals surface area contributed by atoms with Crippen LogP contribution in [0.3, 0.4) is 0 Å². The van der Waals surface area contributed by atoms with Crippen LogP contribution in [0, 0.1) is 11.8 Å². The first-order valence-corrected chi connectivity index (χ1v) is 12.0. The lowest BCUT2D eigenvalue weighted by atomic mass is 9.98. The molecule has 7 heteroatoms. The topological polar surface area (TPSA) is 61.9 Å². The summed E-state index contributed by atoms with van der Waals surface area (Å²) in [6.45, 7) is 5.59. The number of ether oxygens (including phenoxy) is 1. The van der Waals surface area contributed by atoms with Gasteiger partial charge in [-0.25, -0.2) is 4.72 Å². The van der Waals surface area contributed by atoms with E-state index in [1.54, 1.807) is 11.4 Å².